The predicted molar refractivity (Wildman–Crippen MR) is 138 cm³/mol. The van der Waals surface area contributed by atoms with Gasteiger partial charge in [-0.15, -0.1) is 0 Å². The van der Waals surface area contributed by atoms with Crippen molar-refractivity contribution in [3.8, 4) is 0 Å². The molecule has 4 saturated heterocycles. The number of hydrogen-bond acceptors (Lipinski definition) is 8. The van der Waals surface area contributed by atoms with Crippen molar-refractivity contribution in [3.63, 3.8) is 0 Å². The number of H-pyrrole nitrogens is 2. The summed E-state index contributed by atoms with van der Waals surface area (Å²) in [6.07, 6.45) is 7.46. The van der Waals surface area contributed by atoms with E-state index < -0.39 is 22.9 Å². The Morgan fingerprint density at radius 1 is 0.769 bits per heavy atom. The van der Waals surface area contributed by atoms with Crippen LogP contribution in [-0.4, -0.2) is 92.1 Å². The van der Waals surface area contributed by atoms with E-state index in [2.05, 4.69) is 45.9 Å². The van der Waals surface area contributed by atoms with Crippen molar-refractivity contribution < 1.29 is 17.6 Å². The van der Waals surface area contributed by atoms with E-state index in [0.29, 0.717) is 37.6 Å². The molecule has 8 heterocycles. The summed E-state index contributed by atoms with van der Waals surface area (Å²) in [6.45, 7) is 1.64. The van der Waals surface area contributed by atoms with Gasteiger partial charge in [-0.3, -0.25) is 10.6 Å². The van der Waals surface area contributed by atoms with E-state index in [1.165, 1.54) is 12.7 Å². The standard InChI is InChI=1S/C12H13F2N5.C6H4ClN3.C6H10F2N2/c13-12(14)5-18-11(12)2-4-19(6-11)10-8-1-3-15-9(8)16-7-17-10;7-5-4-1-2-8-6(4)10-3-9-5;7-6(8)4-10-5(6)1-2-9-3-5/h1,3,7,18H,2,4-6H2,(H,15,16,17);1-3H,(H,8,9,10);9-10H,1-4H2. The summed E-state index contributed by atoms with van der Waals surface area (Å²) in [5, 5.41) is 10.9. The highest BCUT2D eigenvalue weighted by molar-refractivity contribution is 6.33. The van der Waals surface area contributed by atoms with Gasteiger partial charge in [0.1, 0.15) is 40.5 Å². The second-order valence-corrected chi connectivity index (χ2v) is 10.6. The molecule has 10 nitrogen and oxygen atoms in total. The highest BCUT2D eigenvalue weighted by Crippen LogP contribution is 2.44. The Labute approximate surface area is 225 Å². The molecule has 5 N–H and O–H groups in total. The van der Waals surface area contributed by atoms with Crippen LogP contribution in [0.5, 0.6) is 0 Å². The van der Waals surface area contributed by atoms with Crippen LogP contribution in [0.1, 0.15) is 12.8 Å². The number of aromatic amines is 2. The zero-order valence-electron chi connectivity index (χ0n) is 20.7. The van der Waals surface area contributed by atoms with Crippen LogP contribution < -0.4 is 20.9 Å². The van der Waals surface area contributed by atoms with Crippen LogP contribution in [0.25, 0.3) is 22.1 Å². The summed E-state index contributed by atoms with van der Waals surface area (Å²) >= 11 is 5.73. The Morgan fingerprint density at radius 3 is 1.92 bits per heavy atom. The summed E-state index contributed by atoms with van der Waals surface area (Å²) in [5.41, 5.74) is -0.438. The molecule has 39 heavy (non-hydrogen) atoms. The number of halogens is 5. The van der Waals surface area contributed by atoms with Crippen molar-refractivity contribution in [1.29, 1.82) is 0 Å². The van der Waals surface area contributed by atoms with Crippen LogP contribution in [0.2, 0.25) is 5.15 Å². The van der Waals surface area contributed by atoms with Gasteiger partial charge in [0.15, 0.2) is 0 Å². The van der Waals surface area contributed by atoms with E-state index in [-0.39, 0.29) is 19.6 Å². The first-order valence-electron chi connectivity index (χ1n) is 12.6. The summed E-state index contributed by atoms with van der Waals surface area (Å²) in [6, 6.07) is 3.72. The second-order valence-electron chi connectivity index (χ2n) is 10.2. The fourth-order valence-electron chi connectivity index (χ4n) is 5.48. The molecular weight excluding hydrogens is 540 g/mol. The van der Waals surface area contributed by atoms with Crippen LogP contribution in [0, 0.1) is 0 Å². The molecule has 0 bridgehead atoms. The molecule has 2 atom stereocenters. The summed E-state index contributed by atoms with van der Waals surface area (Å²) in [5.74, 6) is -4.37. The van der Waals surface area contributed by atoms with Crippen molar-refractivity contribution in [2.45, 2.75) is 35.8 Å². The number of nitrogens with zero attached hydrogens (tertiary/aromatic N) is 5. The molecule has 2 spiro atoms. The van der Waals surface area contributed by atoms with E-state index in [9.17, 15) is 17.6 Å². The normalized spacial score (nSPS) is 28.1. The average Bonchev–Trinajstić information content (AvgIpc) is 3.74. The molecule has 4 aromatic rings. The van der Waals surface area contributed by atoms with Crippen molar-refractivity contribution in [1.82, 2.24) is 45.9 Å². The highest BCUT2D eigenvalue weighted by Gasteiger charge is 2.64. The van der Waals surface area contributed by atoms with Gasteiger partial charge in [0, 0.05) is 32.0 Å². The van der Waals surface area contributed by atoms with E-state index in [1.54, 1.807) is 12.4 Å². The minimum Gasteiger partial charge on any atom is -0.354 e. The maximum atomic E-state index is 13.7. The quantitative estimate of drug-likeness (QED) is 0.176. The van der Waals surface area contributed by atoms with Gasteiger partial charge in [-0.05, 0) is 31.5 Å². The van der Waals surface area contributed by atoms with Crippen LogP contribution in [0.4, 0.5) is 23.4 Å². The highest BCUT2D eigenvalue weighted by atomic mass is 35.5. The summed E-state index contributed by atoms with van der Waals surface area (Å²) in [4.78, 5) is 24.0. The third-order valence-corrected chi connectivity index (χ3v) is 8.36. The molecule has 0 aliphatic carbocycles. The molecular formula is C24H27ClF4N10. The molecule has 4 aliphatic heterocycles. The molecule has 0 radical (unpaired) electrons. The maximum absolute atomic E-state index is 13.7. The fourth-order valence-corrected chi connectivity index (χ4v) is 5.68. The van der Waals surface area contributed by atoms with Gasteiger partial charge in [-0.2, -0.15) is 0 Å². The summed E-state index contributed by atoms with van der Waals surface area (Å²) < 4.78 is 53.0. The number of aromatic nitrogens is 6. The van der Waals surface area contributed by atoms with E-state index >= 15 is 0 Å². The Hall–Kier alpha value is -3.07. The van der Waals surface area contributed by atoms with Crippen molar-refractivity contribution >= 4 is 39.5 Å². The molecule has 4 fully saturated rings. The van der Waals surface area contributed by atoms with Crippen molar-refractivity contribution in [2.75, 3.05) is 44.2 Å². The molecule has 4 aromatic heterocycles. The first-order valence-corrected chi connectivity index (χ1v) is 13.0. The molecule has 2 unspecified atom stereocenters. The maximum Gasteiger partial charge on any atom is 0.279 e. The Bertz CT molecular complexity index is 1470. The van der Waals surface area contributed by atoms with Gasteiger partial charge in [0.05, 0.1) is 29.4 Å². The third-order valence-electron chi connectivity index (χ3n) is 8.06. The minimum absolute atomic E-state index is 0.144. The van der Waals surface area contributed by atoms with E-state index in [0.717, 1.165) is 27.9 Å². The van der Waals surface area contributed by atoms with Gasteiger partial charge in [0.25, 0.3) is 11.8 Å². The minimum atomic E-state index is -2.62. The van der Waals surface area contributed by atoms with Crippen LogP contribution in [-0.2, 0) is 0 Å². The van der Waals surface area contributed by atoms with Gasteiger partial charge in [-0.1, -0.05) is 11.6 Å². The van der Waals surface area contributed by atoms with E-state index in [1.807, 2.05) is 17.0 Å². The van der Waals surface area contributed by atoms with Crippen LogP contribution in [0.3, 0.4) is 0 Å². The van der Waals surface area contributed by atoms with Gasteiger partial charge in [0.2, 0.25) is 0 Å². The van der Waals surface area contributed by atoms with Crippen LogP contribution >= 0.6 is 11.6 Å². The van der Waals surface area contributed by atoms with Crippen molar-refractivity contribution in [3.05, 3.63) is 42.3 Å². The number of hydrogen-bond donors (Lipinski definition) is 5. The number of alkyl halides is 4. The lowest BCUT2D eigenvalue weighted by Gasteiger charge is -2.47. The number of rotatable bonds is 1. The predicted octanol–water partition coefficient (Wildman–Crippen LogP) is 2.71. The number of anilines is 1. The summed E-state index contributed by atoms with van der Waals surface area (Å²) in [7, 11) is 0. The largest absolute Gasteiger partial charge is 0.354 e. The molecule has 0 saturated carbocycles. The molecule has 0 amide bonds. The topological polar surface area (TPSA) is 122 Å². The monoisotopic (exact) mass is 566 g/mol. The third kappa shape index (κ3) is 4.39. The fraction of sp³-hybridized carbons (Fsp3) is 0.500. The van der Waals surface area contributed by atoms with Crippen molar-refractivity contribution in [2.24, 2.45) is 0 Å². The van der Waals surface area contributed by atoms with E-state index in [4.69, 9.17) is 11.6 Å². The lowest BCUT2D eigenvalue weighted by Crippen LogP contribution is -2.74. The Balaban J connectivity index is 0.000000117. The van der Waals surface area contributed by atoms with Gasteiger partial charge < -0.3 is 20.2 Å². The zero-order valence-corrected chi connectivity index (χ0v) is 21.5. The van der Waals surface area contributed by atoms with Crippen LogP contribution in [0.15, 0.2) is 37.2 Å². The second kappa shape index (κ2) is 9.54. The zero-order chi connectivity index (χ0) is 27.3. The molecule has 0 aromatic carbocycles. The smallest absolute Gasteiger partial charge is 0.279 e. The SMILES string of the molecule is Clc1ncnc2[nH]ccc12.FC1(F)CNC12CCN(c1ncnc3[nH]ccc13)C2.FC1(F)CNC12CCNC2. The first-order chi connectivity index (χ1) is 18.7. The van der Waals surface area contributed by atoms with Gasteiger partial charge in [-0.25, -0.2) is 37.5 Å². The Kier molecular flexibility index (Phi) is 6.40. The van der Waals surface area contributed by atoms with Gasteiger partial charge >= 0.3 is 0 Å². The average molecular weight is 567 g/mol. The molecule has 208 valence electrons. The molecule has 8 rings (SSSR count). The molecule has 4 aliphatic rings. The molecule has 15 heteroatoms. The first kappa shape index (κ1) is 26.2. The lowest BCUT2D eigenvalue weighted by molar-refractivity contribution is -0.146. The lowest BCUT2D eigenvalue weighted by atomic mass is 9.83. The number of nitrogens with one attached hydrogen (secondary N) is 5. The number of fused-ring (bicyclic) bond motifs is 2. The Morgan fingerprint density at radius 2 is 1.41 bits per heavy atom.